The zero-order chi connectivity index (χ0) is 22.3. The standard InChI is InChI=1S/C23H35FN6O/c1-5-25-22(28-17-21-27-16-20(31-21)23(2,3)4)26-10-11-29-12-14-30(15-13-29)19-8-6-18(24)7-9-19/h6-9,16H,5,10-15,17H2,1-4H3,(H2,25,26,28). The van der Waals surface area contributed by atoms with Crippen molar-refractivity contribution < 1.29 is 8.81 Å². The number of nitrogens with one attached hydrogen (secondary N) is 2. The van der Waals surface area contributed by atoms with E-state index in [0.29, 0.717) is 12.4 Å². The highest BCUT2D eigenvalue weighted by Gasteiger charge is 2.19. The highest BCUT2D eigenvalue weighted by molar-refractivity contribution is 5.79. The Labute approximate surface area is 184 Å². The van der Waals surface area contributed by atoms with E-state index in [1.165, 1.54) is 12.1 Å². The van der Waals surface area contributed by atoms with E-state index in [0.717, 1.165) is 63.2 Å². The molecule has 0 bridgehead atoms. The molecule has 1 saturated heterocycles. The summed E-state index contributed by atoms with van der Waals surface area (Å²) in [6, 6.07) is 6.75. The quantitative estimate of drug-likeness (QED) is 0.520. The zero-order valence-corrected chi connectivity index (χ0v) is 19.1. The van der Waals surface area contributed by atoms with Crippen LogP contribution in [0.4, 0.5) is 10.1 Å². The second-order valence-electron chi connectivity index (χ2n) is 8.80. The minimum absolute atomic E-state index is 0.0571. The van der Waals surface area contributed by atoms with E-state index >= 15 is 0 Å². The van der Waals surface area contributed by atoms with Gasteiger partial charge in [-0.05, 0) is 31.2 Å². The van der Waals surface area contributed by atoms with Gasteiger partial charge in [-0.1, -0.05) is 20.8 Å². The molecule has 2 heterocycles. The fraction of sp³-hybridized carbons (Fsp3) is 0.565. The average Bonchev–Trinajstić information content (AvgIpc) is 3.23. The van der Waals surface area contributed by atoms with E-state index in [1.54, 1.807) is 6.20 Å². The lowest BCUT2D eigenvalue weighted by Gasteiger charge is -2.36. The first-order valence-corrected chi connectivity index (χ1v) is 11.1. The maximum atomic E-state index is 13.1. The second kappa shape index (κ2) is 10.6. The fourth-order valence-corrected chi connectivity index (χ4v) is 3.43. The van der Waals surface area contributed by atoms with Crippen molar-refractivity contribution in [3.63, 3.8) is 0 Å². The van der Waals surface area contributed by atoms with Crippen molar-refractivity contribution in [3.05, 3.63) is 47.9 Å². The van der Waals surface area contributed by atoms with Gasteiger partial charge in [-0.25, -0.2) is 14.4 Å². The third kappa shape index (κ3) is 6.95. The number of piperazine rings is 1. The van der Waals surface area contributed by atoms with Crippen molar-refractivity contribution >= 4 is 11.6 Å². The molecule has 2 N–H and O–H groups in total. The third-order valence-corrected chi connectivity index (χ3v) is 5.29. The Balaban J connectivity index is 1.43. The number of aromatic nitrogens is 1. The summed E-state index contributed by atoms with van der Waals surface area (Å²) in [7, 11) is 0. The summed E-state index contributed by atoms with van der Waals surface area (Å²) in [5.74, 6) is 2.07. The summed E-state index contributed by atoms with van der Waals surface area (Å²) < 4.78 is 18.9. The van der Waals surface area contributed by atoms with E-state index in [1.807, 2.05) is 12.1 Å². The predicted molar refractivity (Wildman–Crippen MR) is 123 cm³/mol. The first kappa shape index (κ1) is 23.1. The molecule has 1 aliphatic heterocycles. The summed E-state index contributed by atoms with van der Waals surface area (Å²) in [6.07, 6.45) is 1.79. The SMILES string of the molecule is CCNC(=NCc1ncc(C(C)(C)C)o1)NCCN1CCN(c2ccc(F)cc2)CC1. The molecular formula is C23H35FN6O. The lowest BCUT2D eigenvalue weighted by atomic mass is 9.94. The Hall–Kier alpha value is -2.61. The Morgan fingerprint density at radius 3 is 2.45 bits per heavy atom. The number of guanidine groups is 1. The number of benzene rings is 1. The molecule has 0 aliphatic carbocycles. The first-order valence-electron chi connectivity index (χ1n) is 11.1. The van der Waals surface area contributed by atoms with Gasteiger partial charge in [0, 0.05) is 56.9 Å². The van der Waals surface area contributed by atoms with E-state index in [4.69, 9.17) is 4.42 Å². The van der Waals surface area contributed by atoms with Gasteiger partial charge >= 0.3 is 0 Å². The minimum atomic E-state index is -0.191. The molecule has 7 nitrogen and oxygen atoms in total. The van der Waals surface area contributed by atoms with Gasteiger partial charge in [-0.3, -0.25) is 4.90 Å². The lowest BCUT2D eigenvalue weighted by molar-refractivity contribution is 0.261. The van der Waals surface area contributed by atoms with E-state index in [9.17, 15) is 4.39 Å². The molecule has 8 heteroatoms. The van der Waals surface area contributed by atoms with Crippen LogP contribution in [0.2, 0.25) is 0 Å². The Morgan fingerprint density at radius 1 is 1.13 bits per heavy atom. The van der Waals surface area contributed by atoms with Gasteiger partial charge in [0.25, 0.3) is 0 Å². The molecule has 170 valence electrons. The number of halogens is 1. The predicted octanol–water partition coefficient (Wildman–Crippen LogP) is 2.99. The maximum Gasteiger partial charge on any atom is 0.216 e. The van der Waals surface area contributed by atoms with Crippen LogP contribution in [0.1, 0.15) is 39.3 Å². The van der Waals surface area contributed by atoms with Gasteiger partial charge in [0.15, 0.2) is 5.96 Å². The number of hydrogen-bond donors (Lipinski definition) is 2. The van der Waals surface area contributed by atoms with Crippen molar-refractivity contribution in [1.29, 1.82) is 0 Å². The number of oxazole rings is 1. The van der Waals surface area contributed by atoms with Gasteiger partial charge in [-0.2, -0.15) is 0 Å². The Bertz CT molecular complexity index is 834. The minimum Gasteiger partial charge on any atom is -0.443 e. The number of rotatable bonds is 7. The average molecular weight is 431 g/mol. The van der Waals surface area contributed by atoms with Crippen molar-refractivity contribution in [3.8, 4) is 0 Å². The highest BCUT2D eigenvalue weighted by atomic mass is 19.1. The summed E-state index contributed by atoms with van der Waals surface area (Å²) in [5.41, 5.74) is 1.03. The Morgan fingerprint density at radius 2 is 1.84 bits per heavy atom. The lowest BCUT2D eigenvalue weighted by Crippen LogP contribution is -2.49. The monoisotopic (exact) mass is 430 g/mol. The van der Waals surface area contributed by atoms with E-state index in [-0.39, 0.29) is 11.2 Å². The van der Waals surface area contributed by atoms with Crippen LogP contribution >= 0.6 is 0 Å². The molecule has 0 spiro atoms. The molecule has 2 aromatic rings. The number of aliphatic imine (C=N–C) groups is 1. The molecule has 1 aromatic heterocycles. The number of hydrogen-bond acceptors (Lipinski definition) is 5. The van der Waals surface area contributed by atoms with Crippen LogP contribution in [0, 0.1) is 5.82 Å². The molecular weight excluding hydrogens is 395 g/mol. The molecule has 1 aromatic carbocycles. The van der Waals surface area contributed by atoms with Gasteiger partial charge < -0.3 is 20.0 Å². The molecule has 0 saturated carbocycles. The van der Waals surface area contributed by atoms with Crippen LogP contribution in [0.25, 0.3) is 0 Å². The first-order chi connectivity index (χ1) is 14.8. The summed E-state index contributed by atoms with van der Waals surface area (Å²) in [6.45, 7) is 15.2. The molecule has 31 heavy (non-hydrogen) atoms. The van der Waals surface area contributed by atoms with Gasteiger partial charge in [0.05, 0.1) is 6.20 Å². The van der Waals surface area contributed by atoms with Crippen LogP contribution in [0.15, 0.2) is 39.9 Å². The van der Waals surface area contributed by atoms with Crippen LogP contribution in [-0.4, -0.2) is 61.7 Å². The third-order valence-electron chi connectivity index (χ3n) is 5.29. The Kier molecular flexibility index (Phi) is 7.90. The zero-order valence-electron chi connectivity index (χ0n) is 19.1. The van der Waals surface area contributed by atoms with Crippen molar-refractivity contribution in [1.82, 2.24) is 20.5 Å². The van der Waals surface area contributed by atoms with Crippen molar-refractivity contribution in [2.24, 2.45) is 4.99 Å². The van der Waals surface area contributed by atoms with Crippen LogP contribution in [0.5, 0.6) is 0 Å². The fourth-order valence-electron chi connectivity index (χ4n) is 3.43. The largest absolute Gasteiger partial charge is 0.443 e. The number of nitrogens with zero attached hydrogens (tertiary/aromatic N) is 4. The topological polar surface area (TPSA) is 68.9 Å². The van der Waals surface area contributed by atoms with Crippen molar-refractivity contribution in [2.75, 3.05) is 50.7 Å². The van der Waals surface area contributed by atoms with Crippen LogP contribution in [0.3, 0.4) is 0 Å². The molecule has 1 aliphatic rings. The van der Waals surface area contributed by atoms with Crippen LogP contribution in [-0.2, 0) is 12.0 Å². The summed E-state index contributed by atoms with van der Waals surface area (Å²) >= 11 is 0. The van der Waals surface area contributed by atoms with Crippen LogP contribution < -0.4 is 15.5 Å². The molecule has 0 atom stereocenters. The van der Waals surface area contributed by atoms with Gasteiger partial charge in [0.1, 0.15) is 18.1 Å². The van der Waals surface area contributed by atoms with E-state index < -0.39 is 0 Å². The molecule has 0 unspecified atom stereocenters. The smallest absolute Gasteiger partial charge is 0.216 e. The molecule has 1 fully saturated rings. The summed E-state index contributed by atoms with van der Waals surface area (Å²) in [5, 5.41) is 6.67. The maximum absolute atomic E-state index is 13.1. The van der Waals surface area contributed by atoms with E-state index in [2.05, 4.69) is 58.1 Å². The second-order valence-corrected chi connectivity index (χ2v) is 8.80. The van der Waals surface area contributed by atoms with Crippen molar-refractivity contribution in [2.45, 2.75) is 39.7 Å². The normalized spacial score (nSPS) is 15.9. The summed E-state index contributed by atoms with van der Waals surface area (Å²) in [4.78, 5) is 13.7. The van der Waals surface area contributed by atoms with Gasteiger partial charge in [-0.15, -0.1) is 0 Å². The molecule has 0 amide bonds. The molecule has 0 radical (unpaired) electrons. The van der Waals surface area contributed by atoms with Gasteiger partial charge in [0.2, 0.25) is 5.89 Å². The molecule has 3 rings (SSSR count). The highest BCUT2D eigenvalue weighted by Crippen LogP contribution is 2.22. The number of anilines is 1.